The maximum absolute atomic E-state index is 4.61. The Bertz CT molecular complexity index is 477. The molecule has 0 aliphatic carbocycles. The van der Waals surface area contributed by atoms with E-state index in [0.29, 0.717) is 0 Å². The summed E-state index contributed by atoms with van der Waals surface area (Å²) in [6, 6.07) is 8.01. The molecule has 0 amide bonds. The second-order valence-electron chi connectivity index (χ2n) is 4.08. The van der Waals surface area contributed by atoms with Crippen molar-refractivity contribution >= 4 is 11.0 Å². The van der Waals surface area contributed by atoms with Gasteiger partial charge in [-0.05, 0) is 37.6 Å². The van der Waals surface area contributed by atoms with Gasteiger partial charge in [-0.3, -0.25) is 4.98 Å². The number of hydrogen-bond acceptors (Lipinski definition) is 3. The van der Waals surface area contributed by atoms with Crippen LogP contribution in [-0.2, 0) is 6.42 Å². The van der Waals surface area contributed by atoms with Gasteiger partial charge in [-0.25, -0.2) is 4.98 Å². The summed E-state index contributed by atoms with van der Waals surface area (Å²) in [4.78, 5) is 9.02. The number of benzene rings is 1. The number of rotatable bonds is 2. The van der Waals surface area contributed by atoms with Gasteiger partial charge in [-0.1, -0.05) is 12.1 Å². The van der Waals surface area contributed by atoms with Crippen molar-refractivity contribution in [3.8, 4) is 0 Å². The minimum absolute atomic E-state index is 0.750. The van der Waals surface area contributed by atoms with Crippen molar-refractivity contribution < 1.29 is 0 Å². The van der Waals surface area contributed by atoms with Crippen molar-refractivity contribution in [3.63, 3.8) is 0 Å². The van der Waals surface area contributed by atoms with E-state index in [-0.39, 0.29) is 0 Å². The van der Waals surface area contributed by atoms with Gasteiger partial charge in [0.25, 0.3) is 0 Å². The van der Waals surface area contributed by atoms with E-state index in [2.05, 4.69) is 15.3 Å². The molecule has 2 heterocycles. The maximum Gasteiger partial charge on any atom is 0.0890 e. The van der Waals surface area contributed by atoms with Crippen LogP contribution < -0.4 is 5.32 Å². The number of hydrogen-bond donors (Lipinski definition) is 1. The number of nitrogens with zero attached hydrogens (tertiary/aromatic N) is 2. The molecule has 0 atom stereocenters. The molecule has 0 unspecified atom stereocenters. The summed E-state index contributed by atoms with van der Waals surface area (Å²) >= 11 is 0. The minimum Gasteiger partial charge on any atom is -0.316 e. The Hall–Kier alpha value is -1.48. The van der Waals surface area contributed by atoms with Crippen molar-refractivity contribution in [2.45, 2.75) is 6.42 Å². The number of para-hydroxylation sites is 2. The fourth-order valence-corrected chi connectivity index (χ4v) is 1.88. The average Bonchev–Trinajstić information content (AvgIpc) is 2.23. The normalized spacial score (nSPS) is 16.5. The van der Waals surface area contributed by atoms with Crippen molar-refractivity contribution in [1.29, 1.82) is 0 Å². The van der Waals surface area contributed by atoms with Crippen LogP contribution in [0.5, 0.6) is 0 Å². The summed E-state index contributed by atoms with van der Waals surface area (Å²) in [5, 5.41) is 3.27. The van der Waals surface area contributed by atoms with E-state index in [4.69, 9.17) is 0 Å². The van der Waals surface area contributed by atoms with Gasteiger partial charge in [0.15, 0.2) is 0 Å². The predicted molar refractivity (Wildman–Crippen MR) is 59.6 cm³/mol. The van der Waals surface area contributed by atoms with Gasteiger partial charge in [-0.2, -0.15) is 0 Å². The number of fused-ring (bicyclic) bond motifs is 1. The highest BCUT2D eigenvalue weighted by molar-refractivity contribution is 5.73. The van der Waals surface area contributed by atoms with Crippen LogP contribution in [0.1, 0.15) is 5.69 Å². The third kappa shape index (κ3) is 1.70. The SMILES string of the molecule is c1ccc2nc(CC3CNC3)cnc2c1. The lowest BCUT2D eigenvalue weighted by molar-refractivity contribution is 0.344. The summed E-state index contributed by atoms with van der Waals surface area (Å²) in [6.07, 6.45) is 2.95. The van der Waals surface area contributed by atoms with Crippen molar-refractivity contribution in [2.24, 2.45) is 5.92 Å². The second-order valence-corrected chi connectivity index (χ2v) is 4.08. The molecule has 3 rings (SSSR count). The van der Waals surface area contributed by atoms with Gasteiger partial charge in [0.1, 0.15) is 0 Å². The highest BCUT2D eigenvalue weighted by atomic mass is 14.9. The molecule has 1 fully saturated rings. The fourth-order valence-electron chi connectivity index (χ4n) is 1.88. The maximum atomic E-state index is 4.61. The minimum atomic E-state index is 0.750. The summed E-state index contributed by atoms with van der Waals surface area (Å²) in [5.41, 5.74) is 3.09. The van der Waals surface area contributed by atoms with Crippen molar-refractivity contribution in [1.82, 2.24) is 15.3 Å². The molecule has 0 spiro atoms. The van der Waals surface area contributed by atoms with Crippen LogP contribution in [0.25, 0.3) is 11.0 Å². The Kier molecular flexibility index (Phi) is 2.10. The molecule has 1 aromatic carbocycles. The van der Waals surface area contributed by atoms with Crippen molar-refractivity contribution in [2.75, 3.05) is 13.1 Å². The molecule has 76 valence electrons. The van der Waals surface area contributed by atoms with Crippen LogP contribution in [0.3, 0.4) is 0 Å². The van der Waals surface area contributed by atoms with Crippen LogP contribution in [-0.4, -0.2) is 23.1 Å². The lowest BCUT2D eigenvalue weighted by atomic mass is 9.98. The first-order valence-electron chi connectivity index (χ1n) is 5.33. The molecule has 3 heteroatoms. The highest BCUT2D eigenvalue weighted by Gasteiger charge is 2.17. The zero-order valence-corrected chi connectivity index (χ0v) is 8.48. The first kappa shape index (κ1) is 8.80. The van der Waals surface area contributed by atoms with E-state index in [1.54, 1.807) is 0 Å². The van der Waals surface area contributed by atoms with Gasteiger partial charge in [0.2, 0.25) is 0 Å². The smallest absolute Gasteiger partial charge is 0.0890 e. The van der Waals surface area contributed by atoms with E-state index in [1.165, 1.54) is 0 Å². The lowest BCUT2D eigenvalue weighted by Gasteiger charge is -2.26. The molecule has 1 aliphatic heterocycles. The number of aromatic nitrogens is 2. The Morgan fingerprint density at radius 3 is 2.73 bits per heavy atom. The molecule has 1 aromatic heterocycles. The predicted octanol–water partition coefficient (Wildman–Crippen LogP) is 1.39. The van der Waals surface area contributed by atoms with Crippen molar-refractivity contribution in [3.05, 3.63) is 36.2 Å². The summed E-state index contributed by atoms with van der Waals surface area (Å²) in [5.74, 6) is 0.750. The fraction of sp³-hybridized carbons (Fsp3) is 0.333. The van der Waals surface area contributed by atoms with Crippen LogP contribution in [0.4, 0.5) is 0 Å². The Morgan fingerprint density at radius 1 is 1.20 bits per heavy atom. The topological polar surface area (TPSA) is 37.8 Å². The zero-order valence-electron chi connectivity index (χ0n) is 8.48. The average molecular weight is 199 g/mol. The molecular weight excluding hydrogens is 186 g/mol. The Morgan fingerprint density at radius 2 is 2.00 bits per heavy atom. The molecule has 2 aromatic rings. The lowest BCUT2D eigenvalue weighted by Crippen LogP contribution is -2.43. The van der Waals surface area contributed by atoms with Crippen LogP contribution in [0.15, 0.2) is 30.5 Å². The van der Waals surface area contributed by atoms with Gasteiger partial charge < -0.3 is 5.32 Å². The summed E-state index contributed by atoms with van der Waals surface area (Å²) in [7, 11) is 0. The molecule has 0 radical (unpaired) electrons. The molecule has 15 heavy (non-hydrogen) atoms. The van der Waals surface area contributed by atoms with E-state index >= 15 is 0 Å². The third-order valence-corrected chi connectivity index (χ3v) is 2.86. The van der Waals surface area contributed by atoms with Gasteiger partial charge in [0.05, 0.1) is 16.7 Å². The first-order chi connectivity index (χ1) is 7.42. The van der Waals surface area contributed by atoms with E-state index in [1.807, 2.05) is 30.5 Å². The Labute approximate surface area is 88.6 Å². The quantitative estimate of drug-likeness (QED) is 0.794. The van der Waals surface area contributed by atoms with Gasteiger partial charge in [0, 0.05) is 6.20 Å². The molecule has 0 bridgehead atoms. The zero-order chi connectivity index (χ0) is 10.1. The molecular formula is C12H13N3. The monoisotopic (exact) mass is 199 g/mol. The van der Waals surface area contributed by atoms with Gasteiger partial charge >= 0.3 is 0 Å². The first-order valence-corrected chi connectivity index (χ1v) is 5.33. The molecule has 1 aliphatic rings. The number of nitrogens with one attached hydrogen (secondary N) is 1. The van der Waals surface area contributed by atoms with Crippen LogP contribution >= 0.6 is 0 Å². The summed E-state index contributed by atoms with van der Waals surface area (Å²) in [6.45, 7) is 2.24. The van der Waals surface area contributed by atoms with E-state index in [9.17, 15) is 0 Å². The molecule has 1 N–H and O–H groups in total. The van der Waals surface area contributed by atoms with Crippen LogP contribution in [0, 0.1) is 5.92 Å². The van der Waals surface area contributed by atoms with Gasteiger partial charge in [-0.15, -0.1) is 0 Å². The highest BCUT2D eigenvalue weighted by Crippen LogP contribution is 2.13. The third-order valence-electron chi connectivity index (χ3n) is 2.86. The second kappa shape index (κ2) is 3.59. The molecule has 3 nitrogen and oxygen atoms in total. The largest absolute Gasteiger partial charge is 0.316 e. The van der Waals surface area contributed by atoms with E-state index in [0.717, 1.165) is 42.2 Å². The standard InChI is InChI=1S/C12H13N3/c1-2-4-12-11(3-1)14-8-10(15-12)5-9-6-13-7-9/h1-4,8-9,13H,5-7H2. The Balaban J connectivity index is 1.91. The molecule has 0 saturated carbocycles. The molecule has 1 saturated heterocycles. The van der Waals surface area contributed by atoms with E-state index < -0.39 is 0 Å². The van der Waals surface area contributed by atoms with Crippen LogP contribution in [0.2, 0.25) is 0 Å². The summed E-state index contributed by atoms with van der Waals surface area (Å²) < 4.78 is 0.